The molecule has 8 nitrogen and oxygen atoms in total. The molecule has 0 bridgehead atoms. The Bertz CT molecular complexity index is 806. The van der Waals surface area contributed by atoms with Crippen LogP contribution < -0.4 is 0 Å². The Morgan fingerprint density at radius 1 is 1.24 bits per heavy atom. The second-order valence-corrected chi connectivity index (χ2v) is 8.79. The number of hydrogen-bond acceptors (Lipinski definition) is 6. The number of aliphatic hydroxyl groups is 1. The summed E-state index contributed by atoms with van der Waals surface area (Å²) in [7, 11) is -0.319. The van der Waals surface area contributed by atoms with Gasteiger partial charge in [0.1, 0.15) is 11.4 Å². The number of hydrogen-bond donors (Lipinski definition) is 2. The first-order valence-corrected chi connectivity index (χ1v) is 9.73. The van der Waals surface area contributed by atoms with Crippen LogP contribution in [0.1, 0.15) is 5.69 Å². The Hall–Kier alpha value is -1.81. The molecule has 1 aromatic carbocycles. The molecule has 2 aromatic rings. The molecule has 2 atom stereocenters. The topological polar surface area (TPSA) is 102 Å². The van der Waals surface area contributed by atoms with Crippen LogP contribution in [0.2, 0.25) is 0 Å². The van der Waals surface area contributed by atoms with Crippen LogP contribution in [-0.4, -0.2) is 77.2 Å². The van der Waals surface area contributed by atoms with Gasteiger partial charge in [0.2, 0.25) is 10.0 Å². The zero-order valence-electron chi connectivity index (χ0n) is 14.3. The van der Waals surface area contributed by atoms with Crippen molar-refractivity contribution in [2.24, 2.45) is 5.92 Å². The molecule has 136 valence electrons. The fraction of sp³-hybridized carbons (Fsp3) is 0.500. The lowest BCUT2D eigenvalue weighted by Crippen LogP contribution is -2.33. The van der Waals surface area contributed by atoms with E-state index in [1.807, 2.05) is 35.2 Å². The summed E-state index contributed by atoms with van der Waals surface area (Å²) in [5.41, 5.74) is 2.53. The Balaban J connectivity index is 1.69. The maximum atomic E-state index is 12.1. The number of rotatable bonds is 6. The molecule has 2 N–H and O–H groups in total. The van der Waals surface area contributed by atoms with Crippen molar-refractivity contribution in [3.63, 3.8) is 0 Å². The second-order valence-electron chi connectivity index (χ2n) is 6.57. The van der Waals surface area contributed by atoms with E-state index in [1.54, 1.807) is 0 Å². The van der Waals surface area contributed by atoms with Crippen molar-refractivity contribution in [1.29, 1.82) is 0 Å². The highest BCUT2D eigenvalue weighted by atomic mass is 32.2. The summed E-state index contributed by atoms with van der Waals surface area (Å²) >= 11 is 0. The van der Waals surface area contributed by atoms with E-state index in [0.29, 0.717) is 19.6 Å². The molecule has 1 fully saturated rings. The van der Waals surface area contributed by atoms with Gasteiger partial charge in [0.05, 0.1) is 11.9 Å². The number of sulfonamides is 1. The smallest absolute Gasteiger partial charge is 0.214 e. The minimum Gasteiger partial charge on any atom is -0.391 e. The maximum Gasteiger partial charge on any atom is 0.214 e. The zero-order valence-corrected chi connectivity index (χ0v) is 15.1. The van der Waals surface area contributed by atoms with Crippen LogP contribution in [-0.2, 0) is 16.6 Å². The van der Waals surface area contributed by atoms with Gasteiger partial charge in [-0.3, -0.25) is 4.90 Å². The van der Waals surface area contributed by atoms with Crippen molar-refractivity contribution in [3.8, 4) is 11.3 Å². The second kappa shape index (κ2) is 7.20. The number of nitrogens with zero attached hydrogens (tertiary/aromatic N) is 4. The Kier molecular flexibility index (Phi) is 5.19. The Morgan fingerprint density at radius 2 is 1.96 bits per heavy atom. The molecule has 1 aliphatic heterocycles. The predicted octanol–water partition coefficient (Wildman–Crippen LogP) is 0.156. The molecule has 2 heterocycles. The molecule has 3 rings (SSSR count). The van der Waals surface area contributed by atoms with Crippen molar-refractivity contribution in [2.75, 3.05) is 32.9 Å². The molecular weight excluding hydrogens is 342 g/mol. The van der Waals surface area contributed by atoms with Gasteiger partial charge in [-0.2, -0.15) is 15.4 Å². The lowest BCUT2D eigenvalue weighted by Gasteiger charge is -2.17. The van der Waals surface area contributed by atoms with Crippen molar-refractivity contribution in [1.82, 2.24) is 24.6 Å². The lowest BCUT2D eigenvalue weighted by atomic mass is 10.1. The molecule has 0 unspecified atom stereocenters. The molecule has 0 amide bonds. The highest BCUT2D eigenvalue weighted by molar-refractivity contribution is 7.89. The van der Waals surface area contributed by atoms with Gasteiger partial charge in [-0.25, -0.2) is 12.7 Å². The van der Waals surface area contributed by atoms with Crippen molar-refractivity contribution < 1.29 is 13.5 Å². The summed E-state index contributed by atoms with van der Waals surface area (Å²) < 4.78 is 25.3. The van der Waals surface area contributed by atoms with Crippen LogP contribution >= 0.6 is 0 Å². The summed E-state index contributed by atoms with van der Waals surface area (Å²) in [6.45, 7) is 1.44. The molecule has 1 saturated heterocycles. The van der Waals surface area contributed by atoms with Crippen molar-refractivity contribution in [2.45, 2.75) is 12.6 Å². The van der Waals surface area contributed by atoms with Gasteiger partial charge in [-0.15, -0.1) is 0 Å². The highest BCUT2D eigenvalue weighted by Crippen LogP contribution is 2.25. The fourth-order valence-corrected chi connectivity index (χ4v) is 4.22. The maximum absolute atomic E-state index is 12.1. The Labute approximate surface area is 147 Å². The number of likely N-dealkylation sites (tertiary alicyclic amines) is 1. The van der Waals surface area contributed by atoms with Crippen LogP contribution in [0.5, 0.6) is 0 Å². The highest BCUT2D eigenvalue weighted by Gasteiger charge is 2.35. The third kappa shape index (κ3) is 4.06. The van der Waals surface area contributed by atoms with Crippen LogP contribution in [0.3, 0.4) is 0 Å². The first-order chi connectivity index (χ1) is 11.9. The molecular formula is C16H23N5O3S. The molecule has 25 heavy (non-hydrogen) atoms. The first-order valence-electron chi connectivity index (χ1n) is 8.12. The molecule has 1 aliphatic rings. The van der Waals surface area contributed by atoms with Gasteiger partial charge >= 0.3 is 0 Å². The molecule has 9 heteroatoms. The number of β-amino-alcohol motifs (C(OH)–C–C–N with tert-alkyl or cyclic N) is 1. The monoisotopic (exact) mass is 365 g/mol. The normalized spacial score (nSPS) is 21.9. The number of nitrogens with one attached hydrogen (secondary N) is 1. The fourth-order valence-electron chi connectivity index (χ4n) is 3.06. The molecule has 0 spiro atoms. The van der Waals surface area contributed by atoms with E-state index in [4.69, 9.17) is 0 Å². The number of H-pyrrole nitrogens is 1. The third-order valence-electron chi connectivity index (χ3n) is 4.50. The van der Waals surface area contributed by atoms with Gasteiger partial charge in [-0.1, -0.05) is 30.3 Å². The van der Waals surface area contributed by atoms with E-state index in [0.717, 1.165) is 17.0 Å². The number of aromatic amines is 1. The van der Waals surface area contributed by atoms with Crippen LogP contribution in [0, 0.1) is 5.92 Å². The van der Waals surface area contributed by atoms with Crippen LogP contribution in [0.25, 0.3) is 11.3 Å². The third-order valence-corrected chi connectivity index (χ3v) is 6.47. The quantitative estimate of drug-likeness (QED) is 0.756. The van der Waals surface area contributed by atoms with Gasteiger partial charge in [-0.05, 0) is 0 Å². The summed E-state index contributed by atoms with van der Waals surface area (Å²) in [6.07, 6.45) is -0.665. The van der Waals surface area contributed by atoms with Gasteiger partial charge in [0.15, 0.2) is 0 Å². The Morgan fingerprint density at radius 3 is 2.64 bits per heavy atom. The molecule has 0 radical (unpaired) electrons. The van der Waals surface area contributed by atoms with Gasteiger partial charge < -0.3 is 5.11 Å². The predicted molar refractivity (Wildman–Crippen MR) is 94.1 cm³/mol. The summed E-state index contributed by atoms with van der Waals surface area (Å²) in [4.78, 5) is 2.02. The molecule has 1 aromatic heterocycles. The minimum atomic E-state index is -3.34. The average Bonchev–Trinajstić information content (AvgIpc) is 3.15. The summed E-state index contributed by atoms with van der Waals surface area (Å²) in [5, 5.41) is 21.4. The molecule has 0 saturated carbocycles. The van der Waals surface area contributed by atoms with E-state index < -0.39 is 16.1 Å². The van der Waals surface area contributed by atoms with E-state index in [1.165, 1.54) is 18.4 Å². The molecule has 0 aliphatic carbocycles. The zero-order chi connectivity index (χ0) is 18.0. The lowest BCUT2D eigenvalue weighted by molar-refractivity contribution is 0.148. The standard InChI is InChI=1S/C16H23N5O3S/c1-20(2)25(23,24)11-13-8-21(10-15(13)22)9-14-16(18-19-17-14)12-6-4-3-5-7-12/h3-7,13,15,22H,8-11H2,1-2H3,(H,17,18,19)/t13-,15+/m0/s1. The van der Waals surface area contributed by atoms with E-state index >= 15 is 0 Å². The van der Waals surface area contributed by atoms with E-state index in [9.17, 15) is 13.5 Å². The van der Waals surface area contributed by atoms with E-state index in [-0.39, 0.29) is 11.7 Å². The first kappa shape index (κ1) is 18.0. The number of aromatic nitrogens is 3. The van der Waals surface area contributed by atoms with Crippen LogP contribution in [0.15, 0.2) is 30.3 Å². The number of aliphatic hydroxyl groups excluding tert-OH is 1. The summed E-state index contributed by atoms with van der Waals surface area (Å²) in [6, 6.07) is 9.75. The van der Waals surface area contributed by atoms with E-state index in [2.05, 4.69) is 15.4 Å². The van der Waals surface area contributed by atoms with Crippen molar-refractivity contribution >= 4 is 10.0 Å². The van der Waals surface area contributed by atoms with Gasteiger partial charge in [0, 0.05) is 45.2 Å². The minimum absolute atomic E-state index is 0.0535. The average molecular weight is 365 g/mol. The van der Waals surface area contributed by atoms with Gasteiger partial charge in [0.25, 0.3) is 0 Å². The SMILES string of the molecule is CN(C)S(=O)(=O)C[C@@H]1CN(Cc2n[nH]nc2-c2ccccc2)C[C@H]1O. The van der Waals surface area contributed by atoms with Crippen molar-refractivity contribution in [3.05, 3.63) is 36.0 Å². The summed E-state index contributed by atoms with van der Waals surface area (Å²) in [5.74, 6) is -0.360. The van der Waals surface area contributed by atoms with Crippen LogP contribution in [0.4, 0.5) is 0 Å². The largest absolute Gasteiger partial charge is 0.391 e. The number of benzene rings is 1.